The van der Waals surface area contributed by atoms with Crippen molar-refractivity contribution in [2.24, 2.45) is 5.73 Å². The molecule has 0 spiro atoms. The summed E-state index contributed by atoms with van der Waals surface area (Å²) in [6, 6.07) is 3.53. The Hall–Kier alpha value is -1.62. The van der Waals surface area contributed by atoms with E-state index in [2.05, 4.69) is 9.88 Å². The van der Waals surface area contributed by atoms with Crippen molar-refractivity contribution >= 4 is 11.7 Å². The van der Waals surface area contributed by atoms with E-state index in [4.69, 9.17) is 10.5 Å². The number of primary amides is 1. The topological polar surface area (TPSA) is 68.5 Å². The third kappa shape index (κ3) is 2.49. The number of ether oxygens (including phenoxy) is 1. The minimum Gasteiger partial charge on any atom is -0.380 e. The Balaban J connectivity index is 2.10. The van der Waals surface area contributed by atoms with Gasteiger partial charge in [0.15, 0.2) is 0 Å². The predicted octanol–water partition coefficient (Wildman–Crippen LogP) is 0.407. The van der Waals surface area contributed by atoms with Crippen LogP contribution in [0.1, 0.15) is 16.8 Å². The van der Waals surface area contributed by atoms with E-state index < -0.39 is 5.91 Å². The molecule has 0 aromatic carbocycles. The number of hydrogen-bond acceptors (Lipinski definition) is 4. The Morgan fingerprint density at radius 2 is 2.25 bits per heavy atom. The van der Waals surface area contributed by atoms with Crippen LogP contribution >= 0.6 is 0 Å². The molecule has 0 unspecified atom stereocenters. The Morgan fingerprint density at radius 1 is 1.38 bits per heavy atom. The molecule has 2 heterocycles. The second-order valence-electron chi connectivity index (χ2n) is 3.72. The van der Waals surface area contributed by atoms with E-state index in [0.717, 1.165) is 38.5 Å². The van der Waals surface area contributed by atoms with Gasteiger partial charge in [-0.1, -0.05) is 0 Å². The lowest BCUT2D eigenvalue weighted by molar-refractivity contribution is 0.1000. The average molecular weight is 221 g/mol. The zero-order valence-corrected chi connectivity index (χ0v) is 9.06. The van der Waals surface area contributed by atoms with Gasteiger partial charge in [-0.25, -0.2) is 4.98 Å². The summed E-state index contributed by atoms with van der Waals surface area (Å²) in [4.78, 5) is 17.3. The highest BCUT2D eigenvalue weighted by molar-refractivity contribution is 5.92. The van der Waals surface area contributed by atoms with Gasteiger partial charge >= 0.3 is 0 Å². The quantitative estimate of drug-likeness (QED) is 0.785. The largest absolute Gasteiger partial charge is 0.380 e. The standard InChI is InChI=1S/C11H15N3O2/c12-11(15)9-2-3-10(13-8-9)14-4-1-6-16-7-5-14/h2-3,8H,1,4-7H2,(H2,12,15). The fourth-order valence-corrected chi connectivity index (χ4v) is 1.69. The molecular weight excluding hydrogens is 206 g/mol. The zero-order valence-electron chi connectivity index (χ0n) is 9.06. The summed E-state index contributed by atoms with van der Waals surface area (Å²) in [5.41, 5.74) is 5.59. The Labute approximate surface area is 94.2 Å². The smallest absolute Gasteiger partial charge is 0.250 e. The monoisotopic (exact) mass is 221 g/mol. The van der Waals surface area contributed by atoms with Crippen molar-refractivity contribution in [2.45, 2.75) is 6.42 Å². The maximum absolute atomic E-state index is 10.9. The maximum atomic E-state index is 10.9. The summed E-state index contributed by atoms with van der Waals surface area (Å²) in [5.74, 6) is 0.425. The molecule has 0 aliphatic carbocycles. The molecule has 5 nitrogen and oxygen atoms in total. The lowest BCUT2D eigenvalue weighted by atomic mass is 10.2. The SMILES string of the molecule is NC(=O)c1ccc(N2CCCOCC2)nc1. The molecule has 5 heteroatoms. The van der Waals surface area contributed by atoms with Crippen LogP contribution in [0.5, 0.6) is 0 Å². The second kappa shape index (κ2) is 4.94. The van der Waals surface area contributed by atoms with Crippen molar-refractivity contribution in [1.29, 1.82) is 0 Å². The molecular formula is C11H15N3O2. The number of carbonyl (C=O) groups is 1. The van der Waals surface area contributed by atoms with Crippen LogP contribution in [0.15, 0.2) is 18.3 Å². The number of carbonyl (C=O) groups excluding carboxylic acids is 1. The highest BCUT2D eigenvalue weighted by atomic mass is 16.5. The average Bonchev–Trinajstić information content (AvgIpc) is 2.57. The molecule has 1 aliphatic rings. The van der Waals surface area contributed by atoms with Crippen molar-refractivity contribution in [2.75, 3.05) is 31.2 Å². The lowest BCUT2D eigenvalue weighted by Gasteiger charge is -2.20. The van der Waals surface area contributed by atoms with Gasteiger partial charge in [-0.3, -0.25) is 4.79 Å². The van der Waals surface area contributed by atoms with Gasteiger partial charge in [0.2, 0.25) is 5.91 Å². The summed E-state index contributed by atoms with van der Waals surface area (Å²) in [6.07, 6.45) is 2.52. The molecule has 86 valence electrons. The van der Waals surface area contributed by atoms with E-state index in [1.54, 1.807) is 6.07 Å². The zero-order chi connectivity index (χ0) is 11.4. The van der Waals surface area contributed by atoms with Crippen LogP contribution in [-0.2, 0) is 4.74 Å². The molecule has 0 saturated carbocycles. The molecule has 1 aromatic heterocycles. The van der Waals surface area contributed by atoms with Gasteiger partial charge in [0.1, 0.15) is 5.82 Å². The Kier molecular flexibility index (Phi) is 3.36. The number of anilines is 1. The predicted molar refractivity (Wildman–Crippen MR) is 60.4 cm³/mol. The third-order valence-electron chi connectivity index (χ3n) is 2.58. The molecule has 16 heavy (non-hydrogen) atoms. The summed E-state index contributed by atoms with van der Waals surface area (Å²) < 4.78 is 5.36. The molecule has 1 saturated heterocycles. The van der Waals surface area contributed by atoms with Gasteiger partial charge < -0.3 is 15.4 Å². The van der Waals surface area contributed by atoms with Crippen LogP contribution in [0.25, 0.3) is 0 Å². The third-order valence-corrected chi connectivity index (χ3v) is 2.58. The molecule has 0 radical (unpaired) electrons. The first-order chi connectivity index (χ1) is 7.77. The molecule has 0 bridgehead atoms. The van der Waals surface area contributed by atoms with Gasteiger partial charge in [0.25, 0.3) is 0 Å². The summed E-state index contributed by atoms with van der Waals surface area (Å²) >= 11 is 0. The van der Waals surface area contributed by atoms with Crippen LogP contribution in [0.4, 0.5) is 5.82 Å². The molecule has 0 atom stereocenters. The molecule has 1 aromatic rings. The number of hydrogen-bond donors (Lipinski definition) is 1. The van der Waals surface area contributed by atoms with Crippen molar-refractivity contribution in [3.8, 4) is 0 Å². The van der Waals surface area contributed by atoms with E-state index in [0.29, 0.717) is 5.56 Å². The normalized spacial score (nSPS) is 16.9. The van der Waals surface area contributed by atoms with Crippen LogP contribution in [0.2, 0.25) is 0 Å². The number of rotatable bonds is 2. The highest BCUT2D eigenvalue weighted by Crippen LogP contribution is 2.13. The van der Waals surface area contributed by atoms with E-state index in [9.17, 15) is 4.79 Å². The first-order valence-electron chi connectivity index (χ1n) is 5.36. The van der Waals surface area contributed by atoms with Crippen LogP contribution < -0.4 is 10.6 Å². The fourth-order valence-electron chi connectivity index (χ4n) is 1.69. The van der Waals surface area contributed by atoms with E-state index in [-0.39, 0.29) is 0 Å². The van der Waals surface area contributed by atoms with Gasteiger partial charge in [-0.2, -0.15) is 0 Å². The van der Waals surface area contributed by atoms with Crippen molar-refractivity contribution < 1.29 is 9.53 Å². The van der Waals surface area contributed by atoms with Gasteiger partial charge in [-0.15, -0.1) is 0 Å². The molecule has 2 rings (SSSR count). The van der Waals surface area contributed by atoms with Crippen LogP contribution in [0, 0.1) is 0 Å². The van der Waals surface area contributed by atoms with Crippen molar-refractivity contribution in [3.63, 3.8) is 0 Å². The minimum atomic E-state index is -0.446. The Bertz CT molecular complexity index is 356. The van der Waals surface area contributed by atoms with Crippen molar-refractivity contribution in [3.05, 3.63) is 23.9 Å². The molecule has 2 N–H and O–H groups in total. The maximum Gasteiger partial charge on any atom is 0.250 e. The van der Waals surface area contributed by atoms with Crippen LogP contribution in [0.3, 0.4) is 0 Å². The van der Waals surface area contributed by atoms with E-state index in [1.165, 1.54) is 6.20 Å². The number of aromatic nitrogens is 1. The lowest BCUT2D eigenvalue weighted by Crippen LogP contribution is -2.26. The summed E-state index contributed by atoms with van der Waals surface area (Å²) in [5, 5.41) is 0. The van der Waals surface area contributed by atoms with Gasteiger partial charge in [-0.05, 0) is 18.6 Å². The Morgan fingerprint density at radius 3 is 2.94 bits per heavy atom. The molecule has 1 aliphatic heterocycles. The fraction of sp³-hybridized carbons (Fsp3) is 0.455. The second-order valence-corrected chi connectivity index (χ2v) is 3.72. The summed E-state index contributed by atoms with van der Waals surface area (Å²) in [7, 11) is 0. The van der Waals surface area contributed by atoms with Crippen molar-refractivity contribution in [1.82, 2.24) is 4.98 Å². The molecule has 1 fully saturated rings. The first kappa shape index (κ1) is 10.9. The number of nitrogens with two attached hydrogens (primary N) is 1. The van der Waals surface area contributed by atoms with Gasteiger partial charge in [0.05, 0.1) is 12.2 Å². The van der Waals surface area contributed by atoms with Crippen LogP contribution in [-0.4, -0.2) is 37.2 Å². The van der Waals surface area contributed by atoms with E-state index in [1.807, 2.05) is 6.07 Å². The number of nitrogens with zero attached hydrogens (tertiary/aromatic N) is 2. The number of amides is 1. The molecule has 1 amide bonds. The van der Waals surface area contributed by atoms with Gasteiger partial charge in [0, 0.05) is 25.9 Å². The first-order valence-corrected chi connectivity index (χ1v) is 5.36. The highest BCUT2D eigenvalue weighted by Gasteiger charge is 2.11. The van der Waals surface area contributed by atoms with E-state index >= 15 is 0 Å². The summed E-state index contributed by atoms with van der Waals surface area (Å²) in [6.45, 7) is 3.29. The number of pyridine rings is 1. The minimum absolute atomic E-state index is 0.440.